The summed E-state index contributed by atoms with van der Waals surface area (Å²) in [6, 6.07) is 0.558. The second-order valence-corrected chi connectivity index (χ2v) is 14.7. The van der Waals surface area contributed by atoms with Gasteiger partial charge in [-0.05, 0) is 126 Å². The van der Waals surface area contributed by atoms with Crippen molar-refractivity contribution in [2.45, 2.75) is 141 Å². The van der Waals surface area contributed by atoms with E-state index in [0.29, 0.717) is 17.9 Å². The molecule has 1 heteroatoms. The van der Waals surface area contributed by atoms with Gasteiger partial charge in [0, 0.05) is 6.04 Å². The lowest BCUT2D eigenvalue weighted by atomic mass is 9.66. The summed E-state index contributed by atoms with van der Waals surface area (Å²) in [5.74, 6) is 7.36. The number of hydrogen-bond acceptors (Lipinski definition) is 1. The Morgan fingerprint density at radius 2 is 1.37 bits per heavy atom. The van der Waals surface area contributed by atoms with Crippen LogP contribution in [0.2, 0.25) is 0 Å². The first kappa shape index (κ1) is 37.4. The lowest BCUT2D eigenvalue weighted by Crippen LogP contribution is -2.33. The topological polar surface area (TPSA) is 3.24 Å². The molecule has 0 bridgehead atoms. The highest BCUT2D eigenvalue weighted by molar-refractivity contribution is 5.13. The maximum Gasteiger partial charge on any atom is 0.0121 e. The van der Waals surface area contributed by atoms with Crippen molar-refractivity contribution in [2.24, 2.45) is 59.2 Å². The molecular weight excluding hydrogens is 458 g/mol. The molecule has 0 saturated heterocycles. The van der Waals surface area contributed by atoms with E-state index in [4.69, 9.17) is 0 Å². The molecule has 38 heavy (non-hydrogen) atoms. The molecule has 0 aliphatic rings. The fraction of sp³-hybridized carbons (Fsp3) is 0.892. The van der Waals surface area contributed by atoms with Crippen LogP contribution in [-0.4, -0.2) is 25.0 Å². The highest BCUT2D eigenvalue weighted by atomic mass is 15.1. The van der Waals surface area contributed by atoms with Gasteiger partial charge in [-0.3, -0.25) is 0 Å². The van der Waals surface area contributed by atoms with E-state index < -0.39 is 0 Å². The molecular formula is C37H73N. The Morgan fingerprint density at radius 1 is 0.789 bits per heavy atom. The first-order chi connectivity index (χ1) is 17.7. The van der Waals surface area contributed by atoms with Crippen LogP contribution >= 0.6 is 0 Å². The monoisotopic (exact) mass is 532 g/mol. The molecule has 0 radical (unpaired) electrons. The summed E-state index contributed by atoms with van der Waals surface area (Å²) in [4.78, 5) is 2.40. The Hall–Kier alpha value is -0.560. The van der Waals surface area contributed by atoms with Gasteiger partial charge in [-0.25, -0.2) is 0 Å². The standard InChI is InChI=1S/C37H73N/c1-16-18-20-29(9)34(24-27(5)6)21-19-22-35(25-30(10)33(13)38(14)15)37(31(11)23-26(3)4)32(12)36(17-2)28(7)8/h16,18,25-34,36-37H,17,19-24H2,1-15H3/b18-16?,35-25-/t29?,30?,31?,32?,33?,34-,36?,37?/m0/s1. The Kier molecular flexibility index (Phi) is 19.2. The van der Waals surface area contributed by atoms with E-state index in [0.717, 1.165) is 47.3 Å². The van der Waals surface area contributed by atoms with Crippen molar-refractivity contribution in [3.63, 3.8) is 0 Å². The van der Waals surface area contributed by atoms with Gasteiger partial charge in [0.2, 0.25) is 0 Å². The smallest absolute Gasteiger partial charge is 0.0121 e. The molecule has 0 amide bonds. The molecule has 0 rings (SSSR count). The third-order valence-corrected chi connectivity index (χ3v) is 9.87. The summed E-state index contributed by atoms with van der Waals surface area (Å²) in [5.41, 5.74) is 1.79. The Bertz CT molecular complexity index is 639. The molecule has 0 saturated carbocycles. The summed E-state index contributed by atoms with van der Waals surface area (Å²) in [6.45, 7) is 31.7. The minimum atomic E-state index is 0.558. The van der Waals surface area contributed by atoms with Crippen molar-refractivity contribution in [3.05, 3.63) is 23.8 Å². The lowest BCUT2D eigenvalue weighted by molar-refractivity contribution is 0.153. The zero-order chi connectivity index (χ0) is 29.6. The van der Waals surface area contributed by atoms with Crippen molar-refractivity contribution >= 4 is 0 Å². The first-order valence-corrected chi connectivity index (χ1v) is 16.7. The number of nitrogens with zero attached hydrogens (tertiary/aromatic N) is 1. The van der Waals surface area contributed by atoms with Crippen LogP contribution in [0.4, 0.5) is 0 Å². The van der Waals surface area contributed by atoms with Crippen molar-refractivity contribution in [3.8, 4) is 0 Å². The van der Waals surface area contributed by atoms with Gasteiger partial charge in [0.1, 0.15) is 0 Å². The van der Waals surface area contributed by atoms with E-state index >= 15 is 0 Å². The fourth-order valence-corrected chi connectivity index (χ4v) is 7.49. The number of hydrogen-bond donors (Lipinski definition) is 0. The van der Waals surface area contributed by atoms with E-state index in [1.807, 2.05) is 0 Å². The molecule has 0 N–H and O–H groups in total. The van der Waals surface area contributed by atoms with E-state index in [9.17, 15) is 0 Å². The molecule has 0 aliphatic heterocycles. The molecule has 0 fully saturated rings. The van der Waals surface area contributed by atoms with Gasteiger partial charge in [0.05, 0.1) is 0 Å². The summed E-state index contributed by atoms with van der Waals surface area (Å²) in [5, 5.41) is 0. The maximum atomic E-state index is 2.75. The summed E-state index contributed by atoms with van der Waals surface area (Å²) < 4.78 is 0. The second-order valence-electron chi connectivity index (χ2n) is 14.7. The van der Waals surface area contributed by atoms with Crippen molar-refractivity contribution < 1.29 is 0 Å². The molecule has 0 aromatic rings. The van der Waals surface area contributed by atoms with Crippen LogP contribution in [0.1, 0.15) is 135 Å². The minimum absolute atomic E-state index is 0.558. The summed E-state index contributed by atoms with van der Waals surface area (Å²) in [7, 11) is 4.48. The Morgan fingerprint density at radius 3 is 1.82 bits per heavy atom. The lowest BCUT2D eigenvalue weighted by Gasteiger charge is -2.40. The van der Waals surface area contributed by atoms with Crippen LogP contribution in [0.25, 0.3) is 0 Å². The average molecular weight is 532 g/mol. The van der Waals surface area contributed by atoms with Gasteiger partial charge in [-0.1, -0.05) is 106 Å². The van der Waals surface area contributed by atoms with Crippen molar-refractivity contribution in [1.82, 2.24) is 4.90 Å². The molecule has 7 unspecified atom stereocenters. The normalized spacial score (nSPS) is 19.8. The third-order valence-electron chi connectivity index (χ3n) is 9.87. The highest BCUT2D eigenvalue weighted by Crippen LogP contribution is 2.42. The summed E-state index contributed by atoms with van der Waals surface area (Å²) >= 11 is 0. The van der Waals surface area contributed by atoms with E-state index in [1.54, 1.807) is 5.57 Å². The van der Waals surface area contributed by atoms with Gasteiger partial charge >= 0.3 is 0 Å². The number of allylic oxidation sites excluding steroid dienone is 3. The zero-order valence-corrected chi connectivity index (χ0v) is 29.0. The third kappa shape index (κ3) is 13.7. The van der Waals surface area contributed by atoms with Crippen LogP contribution in [0.3, 0.4) is 0 Å². The molecule has 0 spiro atoms. The van der Waals surface area contributed by atoms with Crippen LogP contribution in [-0.2, 0) is 0 Å². The Balaban J connectivity index is 6.29. The molecule has 226 valence electrons. The number of rotatable bonds is 20. The highest BCUT2D eigenvalue weighted by Gasteiger charge is 2.33. The van der Waals surface area contributed by atoms with Gasteiger partial charge in [-0.2, -0.15) is 0 Å². The van der Waals surface area contributed by atoms with E-state index in [1.165, 1.54) is 44.9 Å². The zero-order valence-electron chi connectivity index (χ0n) is 29.0. The Labute approximate surface area is 242 Å². The quantitative estimate of drug-likeness (QED) is 0.141. The van der Waals surface area contributed by atoms with Gasteiger partial charge in [0.25, 0.3) is 0 Å². The van der Waals surface area contributed by atoms with Gasteiger partial charge < -0.3 is 4.90 Å². The first-order valence-electron chi connectivity index (χ1n) is 16.7. The second kappa shape index (κ2) is 19.5. The van der Waals surface area contributed by atoms with Crippen LogP contribution < -0.4 is 0 Å². The summed E-state index contributed by atoms with van der Waals surface area (Å²) in [6.07, 6.45) is 16.6. The maximum absolute atomic E-state index is 2.75. The van der Waals surface area contributed by atoms with Crippen LogP contribution in [0.5, 0.6) is 0 Å². The molecule has 0 heterocycles. The SMILES string of the molecule is CC=CCC(C)[C@@H](CCC/C(=C/C(C)C(C)N(C)C)C(C(C)CC(C)C)C(C)C(CC)C(C)C)CC(C)C. The van der Waals surface area contributed by atoms with Gasteiger partial charge in [-0.15, -0.1) is 0 Å². The van der Waals surface area contributed by atoms with Crippen LogP contribution in [0, 0.1) is 59.2 Å². The molecule has 0 aromatic carbocycles. The predicted octanol–water partition coefficient (Wildman–Crippen LogP) is 11.6. The van der Waals surface area contributed by atoms with Crippen molar-refractivity contribution in [1.29, 1.82) is 0 Å². The molecule has 1 nitrogen and oxygen atoms in total. The van der Waals surface area contributed by atoms with Crippen molar-refractivity contribution in [2.75, 3.05) is 14.1 Å². The fourth-order valence-electron chi connectivity index (χ4n) is 7.49. The average Bonchev–Trinajstić information content (AvgIpc) is 2.80. The molecule has 0 aromatic heterocycles. The molecule has 0 aliphatic carbocycles. The van der Waals surface area contributed by atoms with Crippen LogP contribution in [0.15, 0.2) is 23.8 Å². The predicted molar refractivity (Wildman–Crippen MR) is 176 cm³/mol. The molecule has 8 atom stereocenters. The van der Waals surface area contributed by atoms with E-state index in [2.05, 4.69) is 127 Å². The minimum Gasteiger partial charge on any atom is -0.306 e. The largest absolute Gasteiger partial charge is 0.306 e. The van der Waals surface area contributed by atoms with E-state index in [-0.39, 0.29) is 0 Å². The van der Waals surface area contributed by atoms with Gasteiger partial charge in [0.15, 0.2) is 0 Å².